The van der Waals surface area contributed by atoms with Gasteiger partial charge in [0.15, 0.2) is 0 Å². The lowest BCUT2D eigenvalue weighted by Gasteiger charge is -2.18. The molecule has 0 fully saturated rings. The molecule has 1 heterocycles. The van der Waals surface area contributed by atoms with Crippen LogP contribution in [0.25, 0.3) is 0 Å². The molecule has 0 aliphatic rings. The highest BCUT2D eigenvalue weighted by Gasteiger charge is 2.45. The molecule has 0 amide bonds. The summed E-state index contributed by atoms with van der Waals surface area (Å²) in [5, 5.41) is 3.66. The second-order valence-electron chi connectivity index (χ2n) is 4.07. The van der Waals surface area contributed by atoms with Crippen molar-refractivity contribution in [3.8, 4) is 11.6 Å². The van der Waals surface area contributed by atoms with Gasteiger partial charge in [-0.15, -0.1) is 0 Å². The lowest BCUT2D eigenvalue weighted by Crippen LogP contribution is -2.17. The van der Waals surface area contributed by atoms with E-state index >= 15 is 0 Å². The zero-order chi connectivity index (χ0) is 15.8. The highest BCUT2D eigenvalue weighted by molar-refractivity contribution is 5.45. The summed E-state index contributed by atoms with van der Waals surface area (Å²) in [4.78, 5) is 0. The summed E-state index contributed by atoms with van der Waals surface area (Å²) in [5.74, 6) is -1.04. The molecule has 2 aromatic rings. The Labute approximate surface area is 114 Å². The number of nitrogens with zero attached hydrogens (tertiary/aromatic N) is 2. The molecule has 9 heteroatoms. The van der Waals surface area contributed by atoms with Crippen LogP contribution in [0.2, 0.25) is 0 Å². The number of alkyl halides is 6. The van der Waals surface area contributed by atoms with E-state index in [2.05, 4.69) is 5.10 Å². The van der Waals surface area contributed by atoms with Crippen molar-refractivity contribution >= 4 is 0 Å². The molecule has 0 saturated heterocycles. The molecule has 0 saturated carbocycles. The Morgan fingerprint density at radius 3 is 2.14 bits per heavy atom. The summed E-state index contributed by atoms with van der Waals surface area (Å²) in [7, 11) is 1.39. The van der Waals surface area contributed by atoms with Gasteiger partial charge in [0.2, 0.25) is 5.88 Å². The molecule has 0 aliphatic carbocycles. The van der Waals surface area contributed by atoms with Crippen LogP contribution in [0, 0.1) is 0 Å². The third kappa shape index (κ3) is 3.11. The number of ether oxygens (including phenoxy) is 1. The molecule has 0 unspecified atom stereocenters. The van der Waals surface area contributed by atoms with Crippen LogP contribution in [0.1, 0.15) is 11.1 Å². The zero-order valence-electron chi connectivity index (χ0n) is 10.5. The van der Waals surface area contributed by atoms with Crippen LogP contribution in [0.5, 0.6) is 11.6 Å². The van der Waals surface area contributed by atoms with Gasteiger partial charge in [-0.2, -0.15) is 31.4 Å². The quantitative estimate of drug-likeness (QED) is 0.775. The maximum Gasteiger partial charge on any atom is 0.420 e. The van der Waals surface area contributed by atoms with E-state index in [-0.39, 0.29) is 5.88 Å². The molecule has 1 aromatic carbocycles. The molecule has 1 aromatic heterocycles. The Morgan fingerprint density at radius 2 is 1.67 bits per heavy atom. The number of hydrogen-bond acceptors (Lipinski definition) is 2. The van der Waals surface area contributed by atoms with E-state index in [1.54, 1.807) is 0 Å². The summed E-state index contributed by atoms with van der Waals surface area (Å²) in [6.07, 6.45) is -9.10. The van der Waals surface area contributed by atoms with Crippen molar-refractivity contribution < 1.29 is 31.1 Å². The highest BCUT2D eigenvalue weighted by atomic mass is 19.4. The Kier molecular flexibility index (Phi) is 3.60. The van der Waals surface area contributed by atoms with Gasteiger partial charge in [0.25, 0.3) is 0 Å². The fraction of sp³-hybridized carbons (Fsp3) is 0.250. The van der Waals surface area contributed by atoms with Gasteiger partial charge in [-0.05, 0) is 12.1 Å². The highest BCUT2D eigenvalue weighted by Crippen LogP contribution is 2.45. The van der Waals surface area contributed by atoms with E-state index in [0.29, 0.717) is 6.07 Å². The molecule has 0 atom stereocenters. The maximum atomic E-state index is 13.0. The number of aryl methyl sites for hydroxylation is 1. The third-order valence-electron chi connectivity index (χ3n) is 2.61. The molecule has 3 nitrogen and oxygen atoms in total. The van der Waals surface area contributed by atoms with Crippen molar-refractivity contribution in [2.75, 3.05) is 0 Å². The first-order valence-corrected chi connectivity index (χ1v) is 5.54. The lowest BCUT2D eigenvalue weighted by atomic mass is 10.1. The summed E-state index contributed by atoms with van der Waals surface area (Å²) in [6.45, 7) is 0. The molecule has 114 valence electrons. The van der Waals surface area contributed by atoms with Crippen LogP contribution >= 0.6 is 0 Å². The van der Waals surface area contributed by atoms with Gasteiger partial charge in [-0.25, -0.2) is 4.68 Å². The van der Waals surface area contributed by atoms with Crippen LogP contribution in [0.15, 0.2) is 30.5 Å². The third-order valence-corrected chi connectivity index (χ3v) is 2.61. The van der Waals surface area contributed by atoms with Crippen LogP contribution in [0.4, 0.5) is 26.3 Å². The maximum absolute atomic E-state index is 13.0. The van der Waals surface area contributed by atoms with E-state index in [1.807, 2.05) is 0 Å². The molecule has 2 rings (SSSR count). The minimum Gasteiger partial charge on any atom is -0.439 e. The second-order valence-corrected chi connectivity index (χ2v) is 4.07. The normalized spacial score (nSPS) is 12.5. The number of hydrogen-bond donors (Lipinski definition) is 0. The predicted molar refractivity (Wildman–Crippen MR) is 59.7 cm³/mol. The lowest BCUT2D eigenvalue weighted by molar-refractivity contribution is -0.162. The van der Waals surface area contributed by atoms with Gasteiger partial charge in [-0.3, -0.25) is 0 Å². The van der Waals surface area contributed by atoms with E-state index in [1.165, 1.54) is 19.3 Å². The first-order valence-electron chi connectivity index (χ1n) is 5.54. The van der Waals surface area contributed by atoms with Gasteiger partial charge in [0.1, 0.15) is 11.3 Å². The van der Waals surface area contributed by atoms with E-state index in [4.69, 9.17) is 4.74 Å². The van der Waals surface area contributed by atoms with E-state index in [9.17, 15) is 26.3 Å². The van der Waals surface area contributed by atoms with Crippen LogP contribution in [-0.4, -0.2) is 9.78 Å². The molecule has 0 N–H and O–H groups in total. The van der Waals surface area contributed by atoms with Crippen molar-refractivity contribution in [2.24, 2.45) is 7.05 Å². The zero-order valence-corrected chi connectivity index (χ0v) is 10.5. The largest absolute Gasteiger partial charge is 0.439 e. The number of benzene rings is 1. The Hall–Kier alpha value is -2.19. The summed E-state index contributed by atoms with van der Waals surface area (Å²) in [5.41, 5.74) is -3.66. The van der Waals surface area contributed by atoms with Crippen LogP contribution in [0.3, 0.4) is 0 Å². The molecule has 0 radical (unpaired) electrons. The standard InChI is InChI=1S/C12H8F6N2O/c1-20-9(5-6-19-20)21-8-4-2-3-7(11(13,14)15)10(8)12(16,17)18/h2-6H,1H3. The van der Waals surface area contributed by atoms with Crippen molar-refractivity contribution in [2.45, 2.75) is 12.4 Å². The van der Waals surface area contributed by atoms with Gasteiger partial charge in [0.05, 0.1) is 11.8 Å². The average molecular weight is 310 g/mol. The fourth-order valence-corrected chi connectivity index (χ4v) is 1.72. The van der Waals surface area contributed by atoms with Gasteiger partial charge in [0, 0.05) is 13.1 Å². The van der Waals surface area contributed by atoms with Crippen molar-refractivity contribution in [3.63, 3.8) is 0 Å². The number of rotatable bonds is 2. The predicted octanol–water partition coefficient (Wildman–Crippen LogP) is 4.25. The molecular weight excluding hydrogens is 302 g/mol. The minimum absolute atomic E-state index is 0.111. The van der Waals surface area contributed by atoms with E-state index < -0.39 is 29.2 Å². The van der Waals surface area contributed by atoms with Gasteiger partial charge >= 0.3 is 12.4 Å². The summed E-state index contributed by atoms with van der Waals surface area (Å²) >= 11 is 0. The number of aromatic nitrogens is 2. The first kappa shape index (κ1) is 15.2. The first-order chi connectivity index (χ1) is 9.60. The molecule has 21 heavy (non-hydrogen) atoms. The Morgan fingerprint density at radius 1 is 1.00 bits per heavy atom. The Bertz CT molecular complexity index is 644. The topological polar surface area (TPSA) is 27.1 Å². The average Bonchev–Trinajstić information content (AvgIpc) is 2.72. The van der Waals surface area contributed by atoms with Gasteiger partial charge < -0.3 is 4.74 Å². The summed E-state index contributed by atoms with van der Waals surface area (Å²) in [6, 6.07) is 3.27. The minimum atomic E-state index is -5.21. The Balaban J connectivity index is 2.59. The number of halogens is 6. The van der Waals surface area contributed by atoms with Crippen molar-refractivity contribution in [1.82, 2.24) is 9.78 Å². The van der Waals surface area contributed by atoms with Crippen LogP contribution in [-0.2, 0) is 19.4 Å². The van der Waals surface area contributed by atoms with Gasteiger partial charge in [-0.1, -0.05) is 6.07 Å². The smallest absolute Gasteiger partial charge is 0.420 e. The SMILES string of the molecule is Cn1nccc1Oc1cccc(C(F)(F)F)c1C(F)(F)F. The van der Waals surface area contributed by atoms with E-state index in [0.717, 1.165) is 16.8 Å². The summed E-state index contributed by atoms with van der Waals surface area (Å²) < 4.78 is 83.1. The fourth-order valence-electron chi connectivity index (χ4n) is 1.72. The van der Waals surface area contributed by atoms with Crippen LogP contribution < -0.4 is 4.74 Å². The van der Waals surface area contributed by atoms with Crippen molar-refractivity contribution in [1.29, 1.82) is 0 Å². The molecule has 0 bridgehead atoms. The molecule has 0 spiro atoms. The van der Waals surface area contributed by atoms with Crippen molar-refractivity contribution in [3.05, 3.63) is 41.6 Å². The monoisotopic (exact) mass is 310 g/mol. The molecule has 0 aliphatic heterocycles. The molecular formula is C12H8F6N2O. The second kappa shape index (κ2) is 4.97.